The number of piperidine rings is 1. The van der Waals surface area contributed by atoms with Crippen LogP contribution < -0.4 is 20.5 Å². The maximum Gasteiger partial charge on any atom is 0.422 e. The largest absolute Gasteiger partial charge is 0.443 e. The number of ether oxygens (including phenoxy) is 1. The van der Waals surface area contributed by atoms with Gasteiger partial charge in [0.15, 0.2) is 5.84 Å². The molecule has 1 aliphatic rings. The molecule has 216 valence electrons. The lowest BCUT2D eigenvalue weighted by atomic mass is 9.92. The Kier molecular flexibility index (Phi) is 9.73. The van der Waals surface area contributed by atoms with E-state index in [0.717, 1.165) is 0 Å². The second kappa shape index (κ2) is 12.6. The van der Waals surface area contributed by atoms with Crippen LogP contribution in [0.5, 0.6) is 0 Å². The molecule has 0 saturated carbocycles. The van der Waals surface area contributed by atoms with Gasteiger partial charge in [-0.25, -0.2) is 23.7 Å². The van der Waals surface area contributed by atoms with Gasteiger partial charge < -0.3 is 20.7 Å². The van der Waals surface area contributed by atoms with Gasteiger partial charge in [0.2, 0.25) is 5.78 Å². The van der Waals surface area contributed by atoms with Crippen molar-refractivity contribution in [2.45, 2.75) is 39.2 Å². The lowest BCUT2D eigenvalue weighted by Gasteiger charge is -2.31. The molecule has 12 nitrogen and oxygen atoms in total. The van der Waals surface area contributed by atoms with Crippen LogP contribution in [0.25, 0.3) is 0 Å². The highest BCUT2D eigenvalue weighted by atomic mass is 79.9. The molecule has 2 aromatic rings. The predicted octanol–water partition coefficient (Wildman–Crippen LogP) is 4.27. The fraction of sp³-hybridized carbons (Fsp3) is 0.360. The standard InChI is InChI=1S/C25H30BrFN6O6S/c1-25(2,3)39-24(36)32-40(37,38)31-17-6-4-16(5-7-17)30-23(35)33-12-10-15(11-13-33)21(34)22(28)29-18-8-9-20(27)19(26)14-18/h4-9,14-15,31H,10-13H2,1-3H3,(H2,28,29)(H,30,35)(H,32,36). The number of likely N-dealkylation sites (tertiary alicyclic amines) is 1. The summed E-state index contributed by atoms with van der Waals surface area (Å²) in [6.07, 6.45) is -0.340. The number of Topliss-reactive ketones (excluding diaryl/α,β-unsaturated/α-hetero) is 1. The number of nitrogens with two attached hydrogens (primary N) is 1. The number of aliphatic imine (C=N–C) groups is 1. The number of urea groups is 1. The third-order valence-corrected chi connectivity index (χ3v) is 7.11. The summed E-state index contributed by atoms with van der Waals surface area (Å²) in [5.41, 5.74) is 5.93. The van der Waals surface area contributed by atoms with Crippen LogP contribution in [0.3, 0.4) is 0 Å². The van der Waals surface area contributed by atoms with Crippen LogP contribution in [0.4, 0.5) is 31.0 Å². The molecule has 3 rings (SSSR count). The molecule has 0 unspecified atom stereocenters. The predicted molar refractivity (Wildman–Crippen MR) is 152 cm³/mol. The molecule has 1 saturated heterocycles. The number of carbonyl (C=O) groups excluding carboxylic acids is 3. The van der Waals surface area contributed by atoms with Crippen molar-refractivity contribution in [1.29, 1.82) is 0 Å². The first-order chi connectivity index (χ1) is 18.6. The first-order valence-corrected chi connectivity index (χ1v) is 14.4. The Bertz CT molecular complexity index is 1400. The molecule has 5 N–H and O–H groups in total. The number of benzene rings is 2. The molecule has 2 aromatic carbocycles. The zero-order valence-corrected chi connectivity index (χ0v) is 24.4. The molecule has 40 heavy (non-hydrogen) atoms. The number of hydrogen-bond acceptors (Lipinski definition) is 7. The van der Waals surface area contributed by atoms with Gasteiger partial charge in [-0.15, -0.1) is 0 Å². The van der Waals surface area contributed by atoms with Gasteiger partial charge in [0.1, 0.15) is 11.4 Å². The summed E-state index contributed by atoms with van der Waals surface area (Å²) in [7, 11) is -4.23. The highest BCUT2D eigenvalue weighted by Crippen LogP contribution is 2.24. The van der Waals surface area contributed by atoms with E-state index in [1.54, 1.807) is 30.4 Å². The van der Waals surface area contributed by atoms with Crippen LogP contribution in [0.2, 0.25) is 0 Å². The normalized spacial score (nSPS) is 14.8. The van der Waals surface area contributed by atoms with Crippen molar-refractivity contribution >= 4 is 66.9 Å². The van der Waals surface area contributed by atoms with E-state index >= 15 is 0 Å². The summed E-state index contributed by atoms with van der Waals surface area (Å²) in [6.45, 7) is 5.42. The summed E-state index contributed by atoms with van der Waals surface area (Å²) < 4.78 is 46.8. The molecule has 1 fully saturated rings. The van der Waals surface area contributed by atoms with E-state index in [9.17, 15) is 27.2 Å². The van der Waals surface area contributed by atoms with Gasteiger partial charge >= 0.3 is 22.3 Å². The molecule has 0 spiro atoms. The van der Waals surface area contributed by atoms with Crippen LogP contribution in [0.1, 0.15) is 33.6 Å². The van der Waals surface area contributed by atoms with Crippen LogP contribution in [0, 0.1) is 11.7 Å². The number of ketones is 1. The Hall–Kier alpha value is -3.72. The zero-order valence-electron chi connectivity index (χ0n) is 22.0. The van der Waals surface area contributed by atoms with Crippen molar-refractivity contribution in [1.82, 2.24) is 9.62 Å². The van der Waals surface area contributed by atoms with Crippen LogP contribution in [-0.2, 0) is 19.7 Å². The van der Waals surface area contributed by atoms with E-state index in [1.807, 2.05) is 0 Å². The molecule has 0 radical (unpaired) electrons. The number of rotatable bonds is 7. The number of amides is 3. The maximum atomic E-state index is 13.4. The molecule has 0 aliphatic carbocycles. The van der Waals surface area contributed by atoms with Crippen molar-refractivity contribution in [2.75, 3.05) is 23.1 Å². The van der Waals surface area contributed by atoms with Gasteiger partial charge in [-0.1, -0.05) is 0 Å². The van der Waals surface area contributed by atoms with E-state index in [-0.39, 0.29) is 27.8 Å². The van der Waals surface area contributed by atoms with Crippen molar-refractivity contribution in [3.8, 4) is 0 Å². The highest BCUT2D eigenvalue weighted by molar-refractivity contribution is 9.10. The number of anilines is 2. The van der Waals surface area contributed by atoms with Crippen LogP contribution in [0.15, 0.2) is 51.9 Å². The maximum absolute atomic E-state index is 13.4. The van der Waals surface area contributed by atoms with Gasteiger partial charge in [0.05, 0.1) is 15.8 Å². The van der Waals surface area contributed by atoms with E-state index in [4.69, 9.17) is 10.5 Å². The third-order valence-electron chi connectivity index (χ3n) is 5.56. The Labute approximate surface area is 239 Å². The first-order valence-electron chi connectivity index (χ1n) is 12.1. The average molecular weight is 642 g/mol. The van der Waals surface area contributed by atoms with E-state index in [0.29, 0.717) is 37.3 Å². The summed E-state index contributed by atoms with van der Waals surface area (Å²) in [5, 5.41) is 2.72. The SMILES string of the molecule is CC(C)(C)OC(=O)NS(=O)(=O)Nc1ccc(NC(=O)N2CCC(C(=O)C(N)=Nc3ccc(F)c(Br)c3)CC2)cc1. The van der Waals surface area contributed by atoms with E-state index in [1.165, 1.54) is 42.5 Å². The molecule has 15 heteroatoms. The monoisotopic (exact) mass is 640 g/mol. The van der Waals surface area contributed by atoms with Crippen molar-refractivity contribution in [3.05, 3.63) is 52.8 Å². The smallest absolute Gasteiger partial charge is 0.422 e. The number of carbonyl (C=O) groups is 3. The van der Waals surface area contributed by atoms with E-state index in [2.05, 4.69) is 31.0 Å². The molecule has 1 aliphatic heterocycles. The fourth-order valence-corrected chi connectivity index (χ4v) is 4.84. The fourth-order valence-electron chi connectivity index (χ4n) is 3.72. The van der Waals surface area contributed by atoms with Gasteiger partial charge in [0, 0.05) is 24.7 Å². The summed E-state index contributed by atoms with van der Waals surface area (Å²) in [5.74, 6) is -1.38. The molecule has 3 amide bonds. The number of amidine groups is 1. The quantitative estimate of drug-likeness (QED) is 0.258. The van der Waals surface area contributed by atoms with Gasteiger partial charge in [0.25, 0.3) is 0 Å². The number of hydrogen-bond donors (Lipinski definition) is 4. The van der Waals surface area contributed by atoms with Gasteiger partial charge in [-0.2, -0.15) is 8.42 Å². The summed E-state index contributed by atoms with van der Waals surface area (Å²) in [6, 6.07) is 9.47. The average Bonchev–Trinajstić information content (AvgIpc) is 2.85. The van der Waals surface area contributed by atoms with Crippen molar-refractivity contribution in [3.63, 3.8) is 0 Å². The molecule has 0 aromatic heterocycles. The molecular weight excluding hydrogens is 611 g/mol. The molecular formula is C25H30BrFN6O6S. The second-order valence-corrected chi connectivity index (χ2v) is 12.2. The number of nitrogens with one attached hydrogen (secondary N) is 3. The lowest BCUT2D eigenvalue weighted by Crippen LogP contribution is -2.44. The Balaban J connectivity index is 1.49. The van der Waals surface area contributed by atoms with Gasteiger partial charge in [-0.05, 0) is 92.0 Å². The third kappa shape index (κ3) is 9.19. The van der Waals surface area contributed by atoms with Crippen LogP contribution >= 0.6 is 15.9 Å². The topological polar surface area (TPSA) is 172 Å². The van der Waals surface area contributed by atoms with Crippen LogP contribution in [-0.4, -0.2) is 55.8 Å². The van der Waals surface area contributed by atoms with Crippen molar-refractivity contribution < 1.29 is 31.9 Å². The van der Waals surface area contributed by atoms with Crippen molar-refractivity contribution in [2.24, 2.45) is 16.6 Å². The Morgan fingerprint density at radius 3 is 2.25 bits per heavy atom. The summed E-state index contributed by atoms with van der Waals surface area (Å²) in [4.78, 5) is 42.8. The lowest BCUT2D eigenvalue weighted by molar-refractivity contribution is -0.117. The highest BCUT2D eigenvalue weighted by Gasteiger charge is 2.29. The zero-order chi connectivity index (χ0) is 29.7. The second-order valence-electron chi connectivity index (χ2n) is 9.94. The minimum absolute atomic E-state index is 0.153. The molecule has 0 atom stereocenters. The molecule has 0 bridgehead atoms. The number of halogens is 2. The number of nitrogens with zero attached hydrogens (tertiary/aromatic N) is 2. The first kappa shape index (κ1) is 30.8. The Morgan fingerprint density at radius 2 is 1.68 bits per heavy atom. The van der Waals surface area contributed by atoms with Gasteiger partial charge in [-0.3, -0.25) is 9.52 Å². The molecule has 1 heterocycles. The van der Waals surface area contributed by atoms with E-state index < -0.39 is 33.6 Å². The summed E-state index contributed by atoms with van der Waals surface area (Å²) >= 11 is 3.07. The minimum Gasteiger partial charge on any atom is -0.443 e. The Morgan fingerprint density at radius 1 is 1.07 bits per heavy atom. The minimum atomic E-state index is -4.23.